The fourth-order valence-electron chi connectivity index (χ4n) is 1.83. The molecule has 0 aromatic carbocycles. The topological polar surface area (TPSA) is 68.2 Å². The molecule has 6 heteroatoms. The number of aromatic nitrogens is 2. The van der Waals surface area contributed by atoms with Gasteiger partial charge >= 0.3 is 0 Å². The Morgan fingerprint density at radius 3 is 3.16 bits per heavy atom. The summed E-state index contributed by atoms with van der Waals surface area (Å²) in [4.78, 5) is 16.0. The number of nitrogens with one attached hydrogen (secondary N) is 2. The van der Waals surface area contributed by atoms with Gasteiger partial charge in [0.2, 0.25) is 5.91 Å². The normalized spacial score (nSPS) is 14.6. The van der Waals surface area contributed by atoms with Crippen LogP contribution in [-0.2, 0) is 22.6 Å². The highest BCUT2D eigenvalue weighted by Gasteiger charge is 2.20. The Bertz CT molecular complexity index is 401. The maximum Gasteiger partial charge on any atom is 0.239 e. The van der Waals surface area contributed by atoms with Gasteiger partial charge in [-0.2, -0.15) is 0 Å². The molecule has 0 aliphatic heterocycles. The lowest BCUT2D eigenvalue weighted by atomic mass is 10.4. The second-order valence-electron chi connectivity index (χ2n) is 4.82. The molecule has 6 nitrogen and oxygen atoms in total. The van der Waals surface area contributed by atoms with Gasteiger partial charge in [0.15, 0.2) is 0 Å². The van der Waals surface area contributed by atoms with Crippen molar-refractivity contribution in [3.8, 4) is 0 Å². The summed E-state index contributed by atoms with van der Waals surface area (Å²) in [6.07, 6.45) is 6.92. The number of hydrogen-bond acceptors (Lipinski definition) is 4. The molecular formula is C13H22N4O2. The Morgan fingerprint density at radius 1 is 1.58 bits per heavy atom. The van der Waals surface area contributed by atoms with Crippen LogP contribution in [0.15, 0.2) is 12.4 Å². The van der Waals surface area contributed by atoms with Crippen LogP contribution in [-0.4, -0.2) is 41.8 Å². The van der Waals surface area contributed by atoms with Gasteiger partial charge in [-0.3, -0.25) is 4.79 Å². The Kier molecular flexibility index (Phi) is 5.35. The van der Waals surface area contributed by atoms with Gasteiger partial charge in [0.05, 0.1) is 6.54 Å². The minimum atomic E-state index is 0.0155. The largest absolute Gasteiger partial charge is 0.385 e. The van der Waals surface area contributed by atoms with Crippen molar-refractivity contribution in [2.75, 3.05) is 20.3 Å². The average Bonchev–Trinajstić information content (AvgIpc) is 3.13. The van der Waals surface area contributed by atoms with Gasteiger partial charge in [0.1, 0.15) is 12.4 Å². The van der Waals surface area contributed by atoms with Crippen LogP contribution in [0, 0.1) is 0 Å². The van der Waals surface area contributed by atoms with Crippen LogP contribution in [0.25, 0.3) is 0 Å². The van der Waals surface area contributed by atoms with Crippen molar-refractivity contribution >= 4 is 5.91 Å². The summed E-state index contributed by atoms with van der Waals surface area (Å²) in [5.74, 6) is 0.931. The van der Waals surface area contributed by atoms with E-state index in [-0.39, 0.29) is 5.91 Å². The molecule has 0 spiro atoms. The van der Waals surface area contributed by atoms with Gasteiger partial charge < -0.3 is 19.9 Å². The molecule has 0 atom stereocenters. The first-order chi connectivity index (χ1) is 9.29. The number of carbonyl (C=O) groups is 1. The third-order valence-corrected chi connectivity index (χ3v) is 3.09. The molecule has 1 aliphatic carbocycles. The van der Waals surface area contributed by atoms with Gasteiger partial charge in [0.25, 0.3) is 0 Å². The van der Waals surface area contributed by atoms with Crippen molar-refractivity contribution in [1.29, 1.82) is 0 Å². The van der Waals surface area contributed by atoms with E-state index in [9.17, 15) is 4.79 Å². The SMILES string of the molecule is COCCCNC(=O)Cn1ccnc1CNC1CC1. The van der Waals surface area contributed by atoms with E-state index in [2.05, 4.69) is 15.6 Å². The third kappa shape index (κ3) is 5.00. The van der Waals surface area contributed by atoms with Gasteiger partial charge in [-0.05, 0) is 19.3 Å². The first-order valence-corrected chi connectivity index (χ1v) is 6.78. The Morgan fingerprint density at radius 2 is 2.42 bits per heavy atom. The van der Waals surface area contributed by atoms with Crippen LogP contribution < -0.4 is 10.6 Å². The van der Waals surface area contributed by atoms with Crippen molar-refractivity contribution in [3.05, 3.63) is 18.2 Å². The zero-order valence-electron chi connectivity index (χ0n) is 11.4. The van der Waals surface area contributed by atoms with E-state index >= 15 is 0 Å². The second kappa shape index (κ2) is 7.25. The van der Waals surface area contributed by atoms with Gasteiger partial charge in [-0.25, -0.2) is 4.98 Å². The molecule has 1 aliphatic rings. The summed E-state index contributed by atoms with van der Waals surface area (Å²) in [6.45, 7) is 2.38. The number of hydrogen-bond donors (Lipinski definition) is 2. The zero-order valence-corrected chi connectivity index (χ0v) is 11.4. The average molecular weight is 266 g/mol. The van der Waals surface area contributed by atoms with E-state index < -0.39 is 0 Å². The van der Waals surface area contributed by atoms with Crippen LogP contribution in [0.1, 0.15) is 25.1 Å². The lowest BCUT2D eigenvalue weighted by Gasteiger charge is -2.09. The maximum atomic E-state index is 11.8. The zero-order chi connectivity index (χ0) is 13.5. The molecule has 1 fully saturated rings. The molecule has 1 aromatic rings. The minimum Gasteiger partial charge on any atom is -0.385 e. The molecule has 0 bridgehead atoms. The molecule has 1 aromatic heterocycles. The van der Waals surface area contributed by atoms with E-state index in [1.165, 1.54) is 12.8 Å². The lowest BCUT2D eigenvalue weighted by Crippen LogP contribution is -2.30. The van der Waals surface area contributed by atoms with Gasteiger partial charge in [-0.1, -0.05) is 0 Å². The van der Waals surface area contributed by atoms with Crippen molar-refractivity contribution in [2.45, 2.75) is 38.4 Å². The summed E-state index contributed by atoms with van der Waals surface area (Å²) < 4.78 is 6.82. The van der Waals surface area contributed by atoms with Crippen LogP contribution in [0.4, 0.5) is 0 Å². The van der Waals surface area contributed by atoms with Crippen molar-refractivity contribution in [2.24, 2.45) is 0 Å². The first-order valence-electron chi connectivity index (χ1n) is 6.78. The third-order valence-electron chi connectivity index (χ3n) is 3.09. The molecule has 0 saturated heterocycles. The fraction of sp³-hybridized carbons (Fsp3) is 0.692. The molecule has 1 saturated carbocycles. The summed E-state index contributed by atoms with van der Waals surface area (Å²) in [6, 6.07) is 0.646. The Labute approximate surface area is 113 Å². The highest BCUT2D eigenvalue weighted by atomic mass is 16.5. The number of amides is 1. The lowest BCUT2D eigenvalue weighted by molar-refractivity contribution is -0.121. The first kappa shape index (κ1) is 14.0. The number of methoxy groups -OCH3 is 1. The quantitative estimate of drug-likeness (QED) is 0.630. The second-order valence-corrected chi connectivity index (χ2v) is 4.82. The number of rotatable bonds is 9. The van der Waals surface area contributed by atoms with Crippen molar-refractivity contribution in [1.82, 2.24) is 20.2 Å². The minimum absolute atomic E-state index is 0.0155. The van der Waals surface area contributed by atoms with Crippen molar-refractivity contribution < 1.29 is 9.53 Å². The van der Waals surface area contributed by atoms with E-state index in [1.807, 2.05) is 10.8 Å². The number of ether oxygens (including phenoxy) is 1. The van der Waals surface area contributed by atoms with Crippen molar-refractivity contribution in [3.63, 3.8) is 0 Å². The molecule has 106 valence electrons. The molecule has 0 unspecified atom stereocenters. The number of carbonyl (C=O) groups excluding carboxylic acids is 1. The van der Waals surface area contributed by atoms with Crippen LogP contribution >= 0.6 is 0 Å². The van der Waals surface area contributed by atoms with Gasteiger partial charge in [0, 0.05) is 38.7 Å². The number of nitrogens with zero attached hydrogens (tertiary/aromatic N) is 2. The fourth-order valence-corrected chi connectivity index (χ4v) is 1.83. The maximum absolute atomic E-state index is 11.8. The molecule has 1 amide bonds. The van der Waals surface area contributed by atoms with E-state index in [1.54, 1.807) is 13.3 Å². The highest BCUT2D eigenvalue weighted by molar-refractivity contribution is 5.75. The summed E-state index contributed by atoms with van der Waals surface area (Å²) in [5.41, 5.74) is 0. The standard InChI is InChI=1S/C13H22N4O2/c1-19-8-2-5-15-13(18)10-17-7-6-14-12(17)9-16-11-3-4-11/h6-7,11,16H,2-5,8-10H2,1H3,(H,15,18). The van der Waals surface area contributed by atoms with Crippen LogP contribution in [0.5, 0.6) is 0 Å². The van der Waals surface area contributed by atoms with Crippen LogP contribution in [0.3, 0.4) is 0 Å². The molecule has 1 heterocycles. The molecule has 19 heavy (non-hydrogen) atoms. The molecule has 2 rings (SSSR count). The predicted molar refractivity (Wildman–Crippen MR) is 71.6 cm³/mol. The summed E-state index contributed by atoms with van der Waals surface area (Å²) >= 11 is 0. The van der Waals surface area contributed by atoms with E-state index in [0.717, 1.165) is 18.8 Å². The smallest absolute Gasteiger partial charge is 0.239 e. The van der Waals surface area contributed by atoms with E-state index in [0.29, 0.717) is 25.7 Å². The Hall–Kier alpha value is -1.40. The summed E-state index contributed by atoms with van der Waals surface area (Å²) in [5, 5.41) is 6.27. The predicted octanol–water partition coefficient (Wildman–Crippen LogP) is 0.288. The molecule has 2 N–H and O–H groups in total. The molecular weight excluding hydrogens is 244 g/mol. The monoisotopic (exact) mass is 266 g/mol. The van der Waals surface area contributed by atoms with E-state index in [4.69, 9.17) is 4.74 Å². The summed E-state index contributed by atoms with van der Waals surface area (Å²) in [7, 11) is 1.66. The Balaban J connectivity index is 1.71. The highest BCUT2D eigenvalue weighted by Crippen LogP contribution is 2.18. The van der Waals surface area contributed by atoms with Crippen LogP contribution in [0.2, 0.25) is 0 Å². The van der Waals surface area contributed by atoms with Gasteiger partial charge in [-0.15, -0.1) is 0 Å². The molecule has 0 radical (unpaired) electrons. The number of imidazole rings is 1.